The molecule has 3 heteroatoms. The van der Waals surface area contributed by atoms with Crippen LogP contribution >= 0.6 is 0 Å². The molecule has 3 nitrogen and oxygen atoms in total. The number of benzene rings is 1. The number of carbonyl (C=O) groups is 1. The molecule has 0 N–H and O–H groups in total. The Morgan fingerprint density at radius 2 is 1.95 bits per heavy atom. The van der Waals surface area contributed by atoms with Gasteiger partial charge in [0.05, 0.1) is 12.7 Å². The minimum atomic E-state index is -0.328. The Labute approximate surface area is 133 Å². The Balaban J connectivity index is 1.73. The summed E-state index contributed by atoms with van der Waals surface area (Å²) in [5.74, 6) is 1.33. The summed E-state index contributed by atoms with van der Waals surface area (Å²) in [5.41, 5.74) is 2.49. The van der Waals surface area contributed by atoms with Crippen LogP contribution in [0.5, 0.6) is 5.75 Å². The van der Waals surface area contributed by atoms with Gasteiger partial charge in [0.15, 0.2) is 0 Å². The van der Waals surface area contributed by atoms with Crippen molar-refractivity contribution in [3.8, 4) is 5.75 Å². The van der Waals surface area contributed by atoms with E-state index in [1.54, 1.807) is 24.3 Å². The SMILES string of the molecule is COC(=O)c1ccc(OCC=C(C)CCC2CC2(C)C)cc1. The number of carbonyl (C=O) groups excluding carboxylic acids is 1. The normalized spacial score (nSPS) is 19.6. The average molecular weight is 302 g/mol. The molecular formula is C19H26O3. The molecule has 1 aliphatic carbocycles. The van der Waals surface area contributed by atoms with Crippen molar-refractivity contribution in [2.45, 2.75) is 40.0 Å². The summed E-state index contributed by atoms with van der Waals surface area (Å²) in [6, 6.07) is 7.02. The molecule has 1 unspecified atom stereocenters. The first-order valence-corrected chi connectivity index (χ1v) is 7.89. The van der Waals surface area contributed by atoms with E-state index >= 15 is 0 Å². The Morgan fingerprint density at radius 3 is 2.50 bits per heavy atom. The summed E-state index contributed by atoms with van der Waals surface area (Å²) in [6.07, 6.45) is 5.94. The molecule has 0 radical (unpaired) electrons. The summed E-state index contributed by atoms with van der Waals surface area (Å²) in [7, 11) is 1.38. The molecular weight excluding hydrogens is 276 g/mol. The molecule has 0 heterocycles. The van der Waals surface area contributed by atoms with Gasteiger partial charge in [-0.3, -0.25) is 0 Å². The molecule has 1 atom stereocenters. The zero-order chi connectivity index (χ0) is 16.2. The van der Waals surface area contributed by atoms with Crippen molar-refractivity contribution in [3.05, 3.63) is 41.5 Å². The van der Waals surface area contributed by atoms with Crippen LogP contribution in [0.4, 0.5) is 0 Å². The summed E-state index contributed by atoms with van der Waals surface area (Å²) in [5, 5.41) is 0. The zero-order valence-corrected chi connectivity index (χ0v) is 14.0. The van der Waals surface area contributed by atoms with E-state index in [4.69, 9.17) is 4.74 Å². The molecule has 1 aromatic rings. The highest BCUT2D eigenvalue weighted by atomic mass is 16.5. The monoisotopic (exact) mass is 302 g/mol. The molecule has 0 bridgehead atoms. The lowest BCUT2D eigenvalue weighted by atomic mass is 10.0. The predicted molar refractivity (Wildman–Crippen MR) is 88.2 cm³/mol. The second-order valence-electron chi connectivity index (χ2n) is 6.81. The minimum Gasteiger partial charge on any atom is -0.490 e. The van der Waals surface area contributed by atoms with Gasteiger partial charge in [-0.25, -0.2) is 4.79 Å². The van der Waals surface area contributed by atoms with Gasteiger partial charge in [0.1, 0.15) is 12.4 Å². The fourth-order valence-electron chi connectivity index (χ4n) is 2.66. The Hall–Kier alpha value is -1.77. The maximum Gasteiger partial charge on any atom is 0.337 e. The number of esters is 1. The third-order valence-electron chi connectivity index (χ3n) is 4.56. The van der Waals surface area contributed by atoms with E-state index < -0.39 is 0 Å². The van der Waals surface area contributed by atoms with Crippen LogP contribution in [0.25, 0.3) is 0 Å². The fourth-order valence-corrected chi connectivity index (χ4v) is 2.66. The Morgan fingerprint density at radius 1 is 1.32 bits per heavy atom. The van der Waals surface area contributed by atoms with Crippen molar-refractivity contribution in [2.75, 3.05) is 13.7 Å². The highest BCUT2D eigenvalue weighted by Gasteiger charge is 2.44. The van der Waals surface area contributed by atoms with Crippen LogP contribution in [0, 0.1) is 11.3 Å². The van der Waals surface area contributed by atoms with Gasteiger partial charge in [0, 0.05) is 0 Å². The molecule has 0 saturated heterocycles. The minimum absolute atomic E-state index is 0.328. The van der Waals surface area contributed by atoms with E-state index in [9.17, 15) is 4.79 Å². The molecule has 0 spiro atoms. The van der Waals surface area contributed by atoms with Gasteiger partial charge in [0.2, 0.25) is 0 Å². The lowest BCUT2D eigenvalue weighted by Gasteiger charge is -2.06. The molecule has 0 amide bonds. The van der Waals surface area contributed by atoms with Crippen LogP contribution in [0.15, 0.2) is 35.9 Å². The van der Waals surface area contributed by atoms with E-state index in [2.05, 4.69) is 31.6 Å². The summed E-state index contributed by atoms with van der Waals surface area (Å²) >= 11 is 0. The second kappa shape index (κ2) is 6.99. The van der Waals surface area contributed by atoms with E-state index in [1.807, 2.05) is 0 Å². The smallest absolute Gasteiger partial charge is 0.337 e. The summed E-state index contributed by atoms with van der Waals surface area (Å²) in [4.78, 5) is 11.3. The van der Waals surface area contributed by atoms with Crippen LogP contribution in [0.3, 0.4) is 0 Å². The zero-order valence-electron chi connectivity index (χ0n) is 14.0. The van der Waals surface area contributed by atoms with E-state index in [1.165, 1.54) is 25.5 Å². The number of ether oxygens (including phenoxy) is 2. The van der Waals surface area contributed by atoms with E-state index in [0.717, 1.165) is 18.1 Å². The van der Waals surface area contributed by atoms with Crippen molar-refractivity contribution >= 4 is 5.97 Å². The molecule has 1 aliphatic rings. The van der Waals surface area contributed by atoms with Crippen molar-refractivity contribution in [2.24, 2.45) is 11.3 Å². The van der Waals surface area contributed by atoms with Crippen LogP contribution in [-0.2, 0) is 4.74 Å². The molecule has 120 valence electrons. The van der Waals surface area contributed by atoms with Crippen LogP contribution in [0.1, 0.15) is 50.4 Å². The van der Waals surface area contributed by atoms with Gasteiger partial charge < -0.3 is 9.47 Å². The van der Waals surface area contributed by atoms with Gasteiger partial charge >= 0.3 is 5.97 Å². The second-order valence-corrected chi connectivity index (χ2v) is 6.81. The molecule has 1 saturated carbocycles. The third-order valence-corrected chi connectivity index (χ3v) is 4.56. The molecule has 1 aromatic carbocycles. The third kappa shape index (κ3) is 4.62. The quantitative estimate of drug-likeness (QED) is 0.544. The molecule has 2 rings (SSSR count). The average Bonchev–Trinajstić information content (AvgIpc) is 3.12. The van der Waals surface area contributed by atoms with Gasteiger partial charge in [-0.05, 0) is 67.9 Å². The van der Waals surface area contributed by atoms with E-state index in [-0.39, 0.29) is 5.97 Å². The summed E-state index contributed by atoms with van der Waals surface area (Å²) in [6.45, 7) is 7.42. The summed E-state index contributed by atoms with van der Waals surface area (Å²) < 4.78 is 10.3. The largest absolute Gasteiger partial charge is 0.490 e. The maximum atomic E-state index is 11.3. The van der Waals surface area contributed by atoms with Crippen molar-refractivity contribution in [1.82, 2.24) is 0 Å². The first-order chi connectivity index (χ1) is 10.4. The Kier molecular flexibility index (Phi) is 5.28. The van der Waals surface area contributed by atoms with Crippen LogP contribution in [-0.4, -0.2) is 19.7 Å². The first kappa shape index (κ1) is 16.6. The predicted octanol–water partition coefficient (Wildman–Crippen LogP) is 4.62. The number of allylic oxidation sites excluding steroid dienone is 1. The standard InChI is InChI=1S/C19H26O3/c1-14(5-8-16-13-19(16,2)3)11-12-22-17-9-6-15(7-10-17)18(20)21-4/h6-7,9-11,16H,5,8,12-13H2,1-4H3. The van der Waals surface area contributed by atoms with Crippen molar-refractivity contribution in [3.63, 3.8) is 0 Å². The van der Waals surface area contributed by atoms with Crippen LogP contribution < -0.4 is 4.74 Å². The van der Waals surface area contributed by atoms with Gasteiger partial charge in [0.25, 0.3) is 0 Å². The number of hydrogen-bond acceptors (Lipinski definition) is 3. The first-order valence-electron chi connectivity index (χ1n) is 7.89. The maximum absolute atomic E-state index is 11.3. The topological polar surface area (TPSA) is 35.5 Å². The highest BCUT2D eigenvalue weighted by molar-refractivity contribution is 5.89. The van der Waals surface area contributed by atoms with Gasteiger partial charge in [-0.1, -0.05) is 19.4 Å². The molecule has 22 heavy (non-hydrogen) atoms. The van der Waals surface area contributed by atoms with Gasteiger partial charge in [-0.2, -0.15) is 0 Å². The van der Waals surface area contributed by atoms with Crippen LogP contribution in [0.2, 0.25) is 0 Å². The number of methoxy groups -OCH3 is 1. The van der Waals surface area contributed by atoms with E-state index in [0.29, 0.717) is 17.6 Å². The van der Waals surface area contributed by atoms with Crippen molar-refractivity contribution < 1.29 is 14.3 Å². The molecule has 0 aliphatic heterocycles. The lowest BCUT2D eigenvalue weighted by molar-refractivity contribution is 0.0600. The number of hydrogen-bond donors (Lipinski definition) is 0. The lowest BCUT2D eigenvalue weighted by Crippen LogP contribution is -2.01. The number of rotatable bonds is 7. The van der Waals surface area contributed by atoms with Gasteiger partial charge in [-0.15, -0.1) is 0 Å². The van der Waals surface area contributed by atoms with Crippen molar-refractivity contribution in [1.29, 1.82) is 0 Å². The highest BCUT2D eigenvalue weighted by Crippen LogP contribution is 2.54. The molecule has 0 aromatic heterocycles. The fraction of sp³-hybridized carbons (Fsp3) is 0.526. The Bertz CT molecular complexity index is 540. The molecule has 1 fully saturated rings.